The van der Waals surface area contributed by atoms with E-state index >= 15 is 0 Å². The highest BCUT2D eigenvalue weighted by molar-refractivity contribution is 5.73. The molecule has 21 heavy (non-hydrogen) atoms. The van der Waals surface area contributed by atoms with Crippen molar-refractivity contribution in [3.63, 3.8) is 0 Å². The molecule has 0 aromatic heterocycles. The van der Waals surface area contributed by atoms with Crippen LogP contribution in [0.3, 0.4) is 0 Å². The monoisotopic (exact) mass is 296 g/mol. The van der Waals surface area contributed by atoms with Crippen molar-refractivity contribution >= 4 is 11.9 Å². The van der Waals surface area contributed by atoms with E-state index in [9.17, 15) is 9.59 Å². The van der Waals surface area contributed by atoms with E-state index in [1.165, 1.54) is 0 Å². The van der Waals surface area contributed by atoms with Crippen molar-refractivity contribution in [3.8, 4) is 0 Å². The molecular weight excluding hydrogens is 268 g/mol. The van der Waals surface area contributed by atoms with Gasteiger partial charge in [0.2, 0.25) is 0 Å². The molecule has 0 bridgehead atoms. The highest BCUT2D eigenvalue weighted by Crippen LogP contribution is 2.26. The average Bonchev–Trinajstić information content (AvgIpc) is 3.18. The van der Waals surface area contributed by atoms with Gasteiger partial charge in [-0.3, -0.25) is 9.59 Å². The first-order valence-electron chi connectivity index (χ1n) is 8.60. The zero-order valence-corrected chi connectivity index (χ0v) is 13.0. The van der Waals surface area contributed by atoms with Crippen LogP contribution < -0.4 is 0 Å². The lowest BCUT2D eigenvalue weighted by Crippen LogP contribution is -2.16. The summed E-state index contributed by atoms with van der Waals surface area (Å²) in [6, 6.07) is 0. The van der Waals surface area contributed by atoms with Crippen LogP contribution in [-0.4, -0.2) is 25.2 Å². The fourth-order valence-electron chi connectivity index (χ4n) is 3.29. The van der Waals surface area contributed by atoms with Crippen LogP contribution in [0.15, 0.2) is 0 Å². The summed E-state index contributed by atoms with van der Waals surface area (Å²) in [5.41, 5.74) is 0. The molecule has 2 aliphatic rings. The molecule has 120 valence electrons. The van der Waals surface area contributed by atoms with Crippen molar-refractivity contribution < 1.29 is 19.1 Å². The summed E-state index contributed by atoms with van der Waals surface area (Å²) in [4.78, 5) is 23.4. The van der Waals surface area contributed by atoms with E-state index in [1.54, 1.807) is 0 Å². The Hall–Kier alpha value is -1.06. The number of hydrogen-bond acceptors (Lipinski definition) is 4. The molecule has 4 nitrogen and oxygen atoms in total. The summed E-state index contributed by atoms with van der Waals surface area (Å²) in [6.07, 6.45) is 11.3. The second-order valence-corrected chi connectivity index (χ2v) is 6.36. The molecule has 0 heterocycles. The molecule has 0 spiro atoms. The van der Waals surface area contributed by atoms with E-state index in [0.29, 0.717) is 13.2 Å². The largest absolute Gasteiger partial charge is 0.465 e. The van der Waals surface area contributed by atoms with Crippen molar-refractivity contribution in [1.82, 2.24) is 0 Å². The van der Waals surface area contributed by atoms with Gasteiger partial charge in [0.15, 0.2) is 0 Å². The second kappa shape index (κ2) is 9.06. The molecule has 2 fully saturated rings. The number of unbranched alkanes of at least 4 members (excludes halogenated alkanes) is 2. The Morgan fingerprint density at radius 2 is 1.05 bits per heavy atom. The molecule has 0 aliphatic heterocycles. The standard InChI is InChI=1S/C17H28O4/c18-16(14-8-2-3-9-14)20-12-6-1-7-13-21-17(19)15-10-4-5-11-15/h14-15H,1-13H2. The zero-order chi connectivity index (χ0) is 14.9. The van der Waals surface area contributed by atoms with Crippen molar-refractivity contribution in [2.75, 3.05) is 13.2 Å². The number of rotatable bonds is 8. The van der Waals surface area contributed by atoms with Gasteiger partial charge in [0.25, 0.3) is 0 Å². The Labute approximate surface area is 127 Å². The summed E-state index contributed by atoms with van der Waals surface area (Å²) >= 11 is 0. The van der Waals surface area contributed by atoms with Gasteiger partial charge in [0, 0.05) is 0 Å². The Kier molecular flexibility index (Phi) is 7.04. The predicted octanol–water partition coefficient (Wildman–Crippen LogP) is 3.62. The maximum absolute atomic E-state index is 11.7. The van der Waals surface area contributed by atoms with Crippen molar-refractivity contribution in [1.29, 1.82) is 0 Å². The van der Waals surface area contributed by atoms with Crippen LogP contribution in [0, 0.1) is 11.8 Å². The van der Waals surface area contributed by atoms with Crippen LogP contribution in [0.5, 0.6) is 0 Å². The average molecular weight is 296 g/mol. The summed E-state index contributed by atoms with van der Waals surface area (Å²) < 4.78 is 10.6. The first-order chi connectivity index (χ1) is 10.3. The molecule has 0 aromatic carbocycles. The molecule has 2 saturated carbocycles. The van der Waals surface area contributed by atoms with Crippen LogP contribution in [0.4, 0.5) is 0 Å². The fourth-order valence-corrected chi connectivity index (χ4v) is 3.29. The number of hydrogen-bond donors (Lipinski definition) is 0. The lowest BCUT2D eigenvalue weighted by atomic mass is 10.1. The number of carbonyl (C=O) groups is 2. The first-order valence-corrected chi connectivity index (χ1v) is 8.60. The molecular formula is C17H28O4. The van der Waals surface area contributed by atoms with Crippen molar-refractivity contribution in [3.05, 3.63) is 0 Å². The third kappa shape index (κ3) is 5.68. The lowest BCUT2D eigenvalue weighted by Gasteiger charge is -2.10. The highest BCUT2D eigenvalue weighted by atomic mass is 16.5. The molecule has 2 rings (SSSR count). The Morgan fingerprint density at radius 1 is 0.667 bits per heavy atom. The zero-order valence-electron chi connectivity index (χ0n) is 13.0. The van der Waals surface area contributed by atoms with E-state index in [0.717, 1.165) is 70.6 Å². The second-order valence-electron chi connectivity index (χ2n) is 6.36. The van der Waals surface area contributed by atoms with E-state index < -0.39 is 0 Å². The van der Waals surface area contributed by atoms with Crippen LogP contribution in [-0.2, 0) is 19.1 Å². The molecule has 0 aromatic rings. The minimum absolute atomic E-state index is 0.0137. The van der Waals surface area contributed by atoms with E-state index in [2.05, 4.69) is 0 Å². The summed E-state index contributed by atoms with van der Waals surface area (Å²) in [6.45, 7) is 1.01. The van der Waals surface area contributed by atoms with Gasteiger partial charge in [-0.15, -0.1) is 0 Å². The van der Waals surface area contributed by atoms with Crippen LogP contribution in [0.25, 0.3) is 0 Å². The third-order valence-electron chi connectivity index (χ3n) is 4.65. The normalized spacial score (nSPS) is 19.8. The van der Waals surface area contributed by atoms with Gasteiger partial charge in [0.05, 0.1) is 25.0 Å². The Bertz CT molecular complexity index is 296. The Morgan fingerprint density at radius 3 is 1.43 bits per heavy atom. The minimum Gasteiger partial charge on any atom is -0.465 e. The fraction of sp³-hybridized carbons (Fsp3) is 0.882. The van der Waals surface area contributed by atoms with Gasteiger partial charge in [-0.25, -0.2) is 0 Å². The van der Waals surface area contributed by atoms with E-state index in [1.807, 2.05) is 0 Å². The SMILES string of the molecule is O=C(OCCCCCOC(=O)C1CCCC1)C1CCCC1. The molecule has 0 N–H and O–H groups in total. The number of esters is 2. The van der Waals surface area contributed by atoms with Crippen LogP contribution in [0.2, 0.25) is 0 Å². The molecule has 2 aliphatic carbocycles. The topological polar surface area (TPSA) is 52.6 Å². The van der Waals surface area contributed by atoms with Crippen LogP contribution >= 0.6 is 0 Å². The van der Waals surface area contributed by atoms with Gasteiger partial charge in [-0.1, -0.05) is 25.7 Å². The lowest BCUT2D eigenvalue weighted by molar-refractivity contribution is -0.148. The summed E-state index contributed by atoms with van der Waals surface area (Å²) in [5, 5.41) is 0. The van der Waals surface area contributed by atoms with Gasteiger partial charge >= 0.3 is 11.9 Å². The predicted molar refractivity (Wildman–Crippen MR) is 79.7 cm³/mol. The van der Waals surface area contributed by atoms with Crippen LogP contribution in [0.1, 0.15) is 70.6 Å². The maximum Gasteiger partial charge on any atom is 0.308 e. The van der Waals surface area contributed by atoms with E-state index in [4.69, 9.17) is 9.47 Å². The molecule has 4 heteroatoms. The highest BCUT2D eigenvalue weighted by Gasteiger charge is 2.24. The molecule has 0 saturated heterocycles. The Balaban J connectivity index is 1.41. The maximum atomic E-state index is 11.7. The van der Waals surface area contributed by atoms with Crippen molar-refractivity contribution in [2.24, 2.45) is 11.8 Å². The number of carbonyl (C=O) groups excluding carboxylic acids is 2. The summed E-state index contributed by atoms with van der Waals surface area (Å²) in [5.74, 6) is 0.273. The molecule has 0 unspecified atom stereocenters. The van der Waals surface area contributed by atoms with Gasteiger partial charge in [0.1, 0.15) is 0 Å². The number of ether oxygens (including phenoxy) is 2. The van der Waals surface area contributed by atoms with Gasteiger partial charge in [-0.05, 0) is 44.9 Å². The van der Waals surface area contributed by atoms with E-state index in [-0.39, 0.29) is 23.8 Å². The molecule has 0 radical (unpaired) electrons. The quantitative estimate of drug-likeness (QED) is 0.507. The first kappa shape index (κ1) is 16.3. The van der Waals surface area contributed by atoms with Gasteiger partial charge in [-0.2, -0.15) is 0 Å². The third-order valence-corrected chi connectivity index (χ3v) is 4.65. The van der Waals surface area contributed by atoms with Crippen molar-refractivity contribution in [2.45, 2.75) is 70.6 Å². The summed E-state index contributed by atoms with van der Waals surface area (Å²) in [7, 11) is 0. The van der Waals surface area contributed by atoms with Gasteiger partial charge < -0.3 is 9.47 Å². The molecule has 0 atom stereocenters. The minimum atomic E-state index is -0.0137. The smallest absolute Gasteiger partial charge is 0.308 e. The molecule has 0 amide bonds.